The summed E-state index contributed by atoms with van der Waals surface area (Å²) < 4.78 is 22.3. The average Bonchev–Trinajstić information content (AvgIpc) is 3.58. The first kappa shape index (κ1) is 29.5. The summed E-state index contributed by atoms with van der Waals surface area (Å²) in [6.45, 7) is 7.42. The SMILES string of the molecule is CCCCCN1CCN(C(=O)Cn2cc(NC(=O)c3cnn4cccnc34)c(-c3cc(Cl)ccc3OC(C)F)n2)CC1. The van der Waals surface area contributed by atoms with E-state index < -0.39 is 12.3 Å². The first-order valence-corrected chi connectivity index (χ1v) is 14.5. The number of rotatable bonds is 11. The number of piperazine rings is 1. The molecule has 1 aromatic carbocycles. The number of fused-ring (bicyclic) bond motifs is 1. The first-order valence-electron chi connectivity index (χ1n) is 14.1. The van der Waals surface area contributed by atoms with Crippen molar-refractivity contribution in [3.8, 4) is 17.0 Å². The number of unbranched alkanes of at least 4 members (excludes halogenated alkanes) is 2. The molecule has 13 heteroatoms. The van der Waals surface area contributed by atoms with Crippen LogP contribution < -0.4 is 10.1 Å². The highest BCUT2D eigenvalue weighted by Crippen LogP contribution is 2.37. The Balaban J connectivity index is 1.40. The Bertz CT molecular complexity index is 1550. The van der Waals surface area contributed by atoms with Crippen molar-refractivity contribution < 1.29 is 18.7 Å². The van der Waals surface area contributed by atoms with Gasteiger partial charge < -0.3 is 15.0 Å². The Kier molecular flexibility index (Phi) is 9.33. The van der Waals surface area contributed by atoms with Crippen LogP contribution in [0.5, 0.6) is 5.75 Å². The Morgan fingerprint density at radius 1 is 1.19 bits per heavy atom. The van der Waals surface area contributed by atoms with Crippen molar-refractivity contribution >= 4 is 34.7 Å². The molecule has 1 unspecified atom stereocenters. The number of carbonyl (C=O) groups is 2. The van der Waals surface area contributed by atoms with E-state index in [9.17, 15) is 14.0 Å². The van der Waals surface area contributed by atoms with E-state index in [1.807, 2.05) is 4.90 Å². The molecule has 1 atom stereocenters. The van der Waals surface area contributed by atoms with Crippen molar-refractivity contribution in [2.24, 2.45) is 0 Å². The van der Waals surface area contributed by atoms with Gasteiger partial charge in [-0.05, 0) is 37.2 Å². The molecule has 1 fully saturated rings. The molecule has 0 spiro atoms. The molecule has 0 radical (unpaired) electrons. The van der Waals surface area contributed by atoms with Gasteiger partial charge in [0.25, 0.3) is 5.91 Å². The van der Waals surface area contributed by atoms with Crippen molar-refractivity contribution in [2.45, 2.75) is 46.0 Å². The number of halogens is 2. The molecule has 1 N–H and O–H groups in total. The van der Waals surface area contributed by atoms with Crippen LogP contribution in [-0.4, -0.2) is 85.1 Å². The third kappa shape index (κ3) is 6.88. The topological polar surface area (TPSA) is 110 Å². The smallest absolute Gasteiger partial charge is 0.261 e. The number of hydrogen-bond acceptors (Lipinski definition) is 7. The van der Waals surface area contributed by atoms with E-state index in [4.69, 9.17) is 16.3 Å². The number of amides is 2. The first-order chi connectivity index (χ1) is 20.3. The maximum Gasteiger partial charge on any atom is 0.261 e. The van der Waals surface area contributed by atoms with Crippen LogP contribution in [0, 0.1) is 0 Å². The van der Waals surface area contributed by atoms with E-state index in [1.54, 1.807) is 42.9 Å². The number of carbonyl (C=O) groups excluding carboxylic acids is 2. The Morgan fingerprint density at radius 3 is 2.76 bits per heavy atom. The molecule has 2 amide bonds. The van der Waals surface area contributed by atoms with Gasteiger partial charge in [-0.15, -0.1) is 0 Å². The molecule has 222 valence electrons. The third-order valence-corrected chi connectivity index (χ3v) is 7.36. The summed E-state index contributed by atoms with van der Waals surface area (Å²) in [5, 5.41) is 12.1. The van der Waals surface area contributed by atoms with Gasteiger partial charge in [0.15, 0.2) is 5.65 Å². The number of aromatic nitrogens is 5. The minimum atomic E-state index is -1.60. The highest BCUT2D eigenvalue weighted by atomic mass is 35.5. The fourth-order valence-corrected chi connectivity index (χ4v) is 5.15. The molecular weight excluding hydrogens is 563 g/mol. The normalized spacial score (nSPS) is 14.7. The lowest BCUT2D eigenvalue weighted by Gasteiger charge is -2.34. The zero-order valence-electron chi connectivity index (χ0n) is 23.7. The molecule has 1 saturated heterocycles. The van der Waals surface area contributed by atoms with Crippen molar-refractivity contribution in [3.63, 3.8) is 0 Å². The standard InChI is InChI=1S/C29H34ClFN8O3/c1-3-4-5-10-36-12-14-37(15-13-36)26(40)19-38-18-24(34-29(41)23-17-33-39-11-6-9-32-28(23)39)27(35-38)22-16-21(30)7-8-25(22)42-20(2)31/h6-9,11,16-18,20H,3-5,10,12-15,19H2,1-2H3,(H,34,41). The summed E-state index contributed by atoms with van der Waals surface area (Å²) >= 11 is 6.30. The zero-order valence-corrected chi connectivity index (χ0v) is 24.4. The molecule has 42 heavy (non-hydrogen) atoms. The summed E-state index contributed by atoms with van der Waals surface area (Å²) in [5.41, 5.74) is 1.57. The molecule has 3 aromatic heterocycles. The maximum absolute atomic E-state index is 13.9. The second kappa shape index (κ2) is 13.3. The maximum atomic E-state index is 13.9. The summed E-state index contributed by atoms with van der Waals surface area (Å²) in [7, 11) is 0. The minimum absolute atomic E-state index is 0.0345. The summed E-state index contributed by atoms with van der Waals surface area (Å²) in [6, 6.07) is 6.41. The summed E-state index contributed by atoms with van der Waals surface area (Å²) in [4.78, 5) is 35.1. The minimum Gasteiger partial charge on any atom is -0.460 e. The van der Waals surface area contributed by atoms with Crippen LogP contribution in [0.15, 0.2) is 49.1 Å². The number of ether oxygens (including phenoxy) is 1. The highest BCUT2D eigenvalue weighted by Gasteiger charge is 2.25. The van der Waals surface area contributed by atoms with E-state index in [2.05, 4.69) is 32.3 Å². The predicted octanol–water partition coefficient (Wildman–Crippen LogP) is 4.53. The van der Waals surface area contributed by atoms with Crippen molar-refractivity contribution in [1.29, 1.82) is 0 Å². The van der Waals surface area contributed by atoms with Crippen molar-refractivity contribution in [1.82, 2.24) is 34.2 Å². The van der Waals surface area contributed by atoms with Crippen LogP contribution in [0.1, 0.15) is 43.5 Å². The van der Waals surface area contributed by atoms with Crippen LogP contribution in [-0.2, 0) is 11.3 Å². The lowest BCUT2D eigenvalue weighted by molar-refractivity contribution is -0.133. The van der Waals surface area contributed by atoms with E-state index in [0.29, 0.717) is 35.0 Å². The summed E-state index contributed by atoms with van der Waals surface area (Å²) in [5.74, 6) is -0.362. The molecule has 0 aliphatic carbocycles. The second-order valence-electron chi connectivity index (χ2n) is 10.2. The van der Waals surface area contributed by atoms with Gasteiger partial charge in [0.2, 0.25) is 12.3 Å². The molecule has 0 bridgehead atoms. The average molecular weight is 597 g/mol. The molecule has 4 aromatic rings. The fourth-order valence-electron chi connectivity index (χ4n) is 4.98. The summed E-state index contributed by atoms with van der Waals surface area (Å²) in [6.07, 6.45) is 8.21. The molecule has 0 saturated carbocycles. The van der Waals surface area contributed by atoms with Gasteiger partial charge >= 0.3 is 0 Å². The molecule has 1 aliphatic heterocycles. The quantitative estimate of drug-likeness (QED) is 0.253. The Morgan fingerprint density at radius 2 is 2.00 bits per heavy atom. The second-order valence-corrected chi connectivity index (χ2v) is 10.7. The van der Waals surface area contributed by atoms with Gasteiger partial charge in [-0.1, -0.05) is 31.4 Å². The number of hydrogen-bond donors (Lipinski definition) is 1. The van der Waals surface area contributed by atoms with Gasteiger partial charge in [0, 0.05) is 62.3 Å². The molecule has 1 aliphatic rings. The highest BCUT2D eigenvalue weighted by molar-refractivity contribution is 6.31. The van der Waals surface area contributed by atoms with E-state index in [1.165, 1.54) is 35.2 Å². The lowest BCUT2D eigenvalue weighted by Crippen LogP contribution is -2.49. The molecule has 5 rings (SSSR count). The number of nitrogens with zero attached hydrogens (tertiary/aromatic N) is 7. The van der Waals surface area contributed by atoms with Crippen molar-refractivity contribution in [3.05, 3.63) is 59.6 Å². The van der Waals surface area contributed by atoms with Crippen LogP contribution in [0.4, 0.5) is 10.1 Å². The van der Waals surface area contributed by atoms with Crippen LogP contribution in [0.3, 0.4) is 0 Å². The number of alkyl halides is 1. The van der Waals surface area contributed by atoms with Gasteiger partial charge in [0.05, 0.1) is 11.9 Å². The van der Waals surface area contributed by atoms with Crippen LogP contribution in [0.25, 0.3) is 16.9 Å². The number of nitrogens with one attached hydrogen (secondary N) is 1. The Labute approximate surface area is 248 Å². The fraction of sp³-hybridized carbons (Fsp3) is 0.414. The largest absolute Gasteiger partial charge is 0.460 e. The van der Waals surface area contributed by atoms with Gasteiger partial charge in [-0.25, -0.2) is 13.9 Å². The van der Waals surface area contributed by atoms with Crippen molar-refractivity contribution in [2.75, 3.05) is 38.0 Å². The Hall–Kier alpha value is -4.03. The third-order valence-electron chi connectivity index (χ3n) is 7.12. The van der Waals surface area contributed by atoms with Gasteiger partial charge in [0.1, 0.15) is 23.6 Å². The monoisotopic (exact) mass is 596 g/mol. The van der Waals surface area contributed by atoms with Crippen LogP contribution in [0.2, 0.25) is 5.02 Å². The van der Waals surface area contributed by atoms with Crippen LogP contribution >= 0.6 is 11.6 Å². The van der Waals surface area contributed by atoms with Gasteiger partial charge in [-0.2, -0.15) is 10.2 Å². The molecule has 11 nitrogen and oxygen atoms in total. The lowest BCUT2D eigenvalue weighted by atomic mass is 10.1. The number of benzene rings is 1. The van der Waals surface area contributed by atoms with E-state index in [-0.39, 0.29) is 29.5 Å². The number of anilines is 1. The zero-order chi connectivity index (χ0) is 29.6. The van der Waals surface area contributed by atoms with Gasteiger partial charge in [-0.3, -0.25) is 19.2 Å². The van der Waals surface area contributed by atoms with E-state index >= 15 is 0 Å². The predicted molar refractivity (Wildman–Crippen MR) is 157 cm³/mol. The molecule has 4 heterocycles. The van der Waals surface area contributed by atoms with E-state index in [0.717, 1.165) is 26.1 Å². The molecular formula is C29H34ClFN8O3.